The number of nitrogens with one attached hydrogen (secondary N) is 1. The lowest BCUT2D eigenvalue weighted by atomic mass is 10.0. The molecule has 1 aromatic carbocycles. The molecule has 0 spiro atoms. The smallest absolute Gasteiger partial charge is 0.127 e. The predicted octanol–water partition coefficient (Wildman–Crippen LogP) is 5.46. The van der Waals surface area contributed by atoms with E-state index in [9.17, 15) is 4.39 Å². The Kier molecular flexibility index (Phi) is 6.68. The first-order chi connectivity index (χ1) is 10.1. The Bertz CT molecular complexity index is 567. The van der Waals surface area contributed by atoms with Crippen molar-refractivity contribution in [2.75, 3.05) is 6.54 Å². The van der Waals surface area contributed by atoms with Crippen molar-refractivity contribution in [3.63, 3.8) is 0 Å². The summed E-state index contributed by atoms with van der Waals surface area (Å²) in [5.74, 6) is -0.224. The molecule has 1 N–H and O–H groups in total. The second kappa shape index (κ2) is 8.28. The third kappa shape index (κ3) is 5.06. The maximum atomic E-state index is 14.0. The second-order valence-corrected chi connectivity index (χ2v) is 7.92. The van der Waals surface area contributed by atoms with Gasteiger partial charge in [0.05, 0.1) is 3.79 Å². The molecule has 2 aromatic rings. The average Bonchev–Trinajstić information content (AvgIpc) is 2.85. The van der Waals surface area contributed by atoms with Crippen LogP contribution in [0, 0.1) is 5.82 Å². The Hall–Kier alpha value is -0.420. The van der Waals surface area contributed by atoms with Gasteiger partial charge in [-0.05, 0) is 66.0 Å². The molecule has 1 nitrogen and oxygen atoms in total. The Morgan fingerprint density at radius 1 is 1.29 bits per heavy atom. The lowest BCUT2D eigenvalue weighted by Crippen LogP contribution is -2.34. The first kappa shape index (κ1) is 16.9. The van der Waals surface area contributed by atoms with E-state index in [0.717, 1.165) is 23.2 Å². The van der Waals surface area contributed by atoms with Gasteiger partial charge in [-0.25, -0.2) is 4.39 Å². The second-order valence-electron chi connectivity index (χ2n) is 4.97. The maximum Gasteiger partial charge on any atom is 0.127 e. The molecule has 2 rings (SSSR count). The summed E-state index contributed by atoms with van der Waals surface area (Å²) in [5, 5.41) is 4.00. The Balaban J connectivity index is 2.12. The van der Waals surface area contributed by atoms with Crippen molar-refractivity contribution < 1.29 is 4.39 Å². The fourth-order valence-corrected chi connectivity index (χ4v) is 4.05. The first-order valence-electron chi connectivity index (χ1n) is 7.00. The highest BCUT2D eigenvalue weighted by molar-refractivity contribution is 9.11. The SMILES string of the molecule is CCCNC(Cc1ccc(Br)s1)Cc1c(F)cccc1Cl. The van der Waals surface area contributed by atoms with Crippen molar-refractivity contribution in [3.8, 4) is 0 Å². The van der Waals surface area contributed by atoms with Crippen LogP contribution in [0.25, 0.3) is 0 Å². The molecule has 0 saturated heterocycles. The Morgan fingerprint density at radius 2 is 2.10 bits per heavy atom. The van der Waals surface area contributed by atoms with E-state index in [1.807, 2.05) is 6.07 Å². The van der Waals surface area contributed by atoms with Gasteiger partial charge in [0.15, 0.2) is 0 Å². The molecule has 0 radical (unpaired) electrons. The number of hydrogen-bond acceptors (Lipinski definition) is 2. The molecule has 1 aromatic heterocycles. The lowest BCUT2D eigenvalue weighted by molar-refractivity contribution is 0.495. The van der Waals surface area contributed by atoms with E-state index in [1.165, 1.54) is 10.9 Å². The van der Waals surface area contributed by atoms with Crippen LogP contribution < -0.4 is 5.32 Å². The third-order valence-corrected chi connectivity index (χ3v) is 5.27. The van der Waals surface area contributed by atoms with Crippen LogP contribution in [0.3, 0.4) is 0 Å². The van der Waals surface area contributed by atoms with Gasteiger partial charge < -0.3 is 5.32 Å². The van der Waals surface area contributed by atoms with E-state index < -0.39 is 0 Å². The zero-order valence-electron chi connectivity index (χ0n) is 11.8. The van der Waals surface area contributed by atoms with Crippen LogP contribution in [0.4, 0.5) is 4.39 Å². The molecule has 0 fully saturated rings. The summed E-state index contributed by atoms with van der Waals surface area (Å²) in [6, 6.07) is 9.21. The normalized spacial score (nSPS) is 12.6. The zero-order chi connectivity index (χ0) is 15.2. The van der Waals surface area contributed by atoms with Crippen molar-refractivity contribution in [2.45, 2.75) is 32.2 Å². The number of benzene rings is 1. The molecule has 1 atom stereocenters. The van der Waals surface area contributed by atoms with E-state index in [-0.39, 0.29) is 11.9 Å². The summed E-state index contributed by atoms with van der Waals surface area (Å²) in [4.78, 5) is 1.28. The molecule has 5 heteroatoms. The van der Waals surface area contributed by atoms with E-state index in [2.05, 4.69) is 34.2 Å². The fraction of sp³-hybridized carbons (Fsp3) is 0.375. The van der Waals surface area contributed by atoms with Crippen LogP contribution in [0.15, 0.2) is 34.1 Å². The lowest BCUT2D eigenvalue weighted by Gasteiger charge is -2.19. The molecule has 114 valence electrons. The molecule has 0 aliphatic carbocycles. The van der Waals surface area contributed by atoms with E-state index in [4.69, 9.17) is 11.6 Å². The largest absolute Gasteiger partial charge is 0.313 e. The molecule has 21 heavy (non-hydrogen) atoms. The van der Waals surface area contributed by atoms with Crippen molar-refractivity contribution in [2.24, 2.45) is 0 Å². The summed E-state index contributed by atoms with van der Waals surface area (Å²) >= 11 is 11.3. The molecular formula is C16H18BrClFNS. The zero-order valence-corrected chi connectivity index (χ0v) is 15.0. The van der Waals surface area contributed by atoms with Crippen LogP contribution in [0.2, 0.25) is 5.02 Å². The van der Waals surface area contributed by atoms with Gasteiger partial charge in [-0.15, -0.1) is 11.3 Å². The summed E-state index contributed by atoms with van der Waals surface area (Å²) in [6.45, 7) is 3.05. The summed E-state index contributed by atoms with van der Waals surface area (Å²) in [5.41, 5.74) is 0.600. The van der Waals surface area contributed by atoms with Gasteiger partial charge >= 0.3 is 0 Å². The van der Waals surface area contributed by atoms with Crippen molar-refractivity contribution >= 4 is 38.9 Å². The number of halogens is 3. The molecule has 0 aliphatic heterocycles. The number of rotatable bonds is 7. The first-order valence-corrected chi connectivity index (χ1v) is 8.99. The van der Waals surface area contributed by atoms with Gasteiger partial charge in [-0.3, -0.25) is 0 Å². The highest BCUT2D eigenvalue weighted by Gasteiger charge is 2.16. The van der Waals surface area contributed by atoms with Crippen LogP contribution >= 0.6 is 38.9 Å². The molecule has 1 heterocycles. The quantitative estimate of drug-likeness (QED) is 0.662. The van der Waals surface area contributed by atoms with Gasteiger partial charge in [0, 0.05) is 21.5 Å². The van der Waals surface area contributed by atoms with Crippen molar-refractivity contribution in [1.29, 1.82) is 0 Å². The van der Waals surface area contributed by atoms with Gasteiger partial charge in [0.2, 0.25) is 0 Å². The van der Waals surface area contributed by atoms with E-state index in [1.54, 1.807) is 23.5 Å². The highest BCUT2D eigenvalue weighted by atomic mass is 79.9. The topological polar surface area (TPSA) is 12.0 Å². The van der Waals surface area contributed by atoms with Gasteiger partial charge in [-0.2, -0.15) is 0 Å². The van der Waals surface area contributed by atoms with Gasteiger partial charge in [0.1, 0.15) is 5.82 Å². The third-order valence-electron chi connectivity index (χ3n) is 3.27. The summed E-state index contributed by atoms with van der Waals surface area (Å²) < 4.78 is 15.1. The summed E-state index contributed by atoms with van der Waals surface area (Å²) in [7, 11) is 0. The molecule has 1 unspecified atom stereocenters. The minimum Gasteiger partial charge on any atom is -0.313 e. The van der Waals surface area contributed by atoms with Crippen molar-refractivity contribution in [3.05, 3.63) is 55.4 Å². The molecule has 0 aliphatic rings. The van der Waals surface area contributed by atoms with E-state index in [0.29, 0.717) is 17.0 Å². The predicted molar refractivity (Wildman–Crippen MR) is 92.9 cm³/mol. The molecule has 0 saturated carbocycles. The number of thiophene rings is 1. The summed E-state index contributed by atoms with van der Waals surface area (Å²) in [6.07, 6.45) is 2.53. The fourth-order valence-electron chi connectivity index (χ4n) is 2.24. The Morgan fingerprint density at radius 3 is 2.71 bits per heavy atom. The van der Waals surface area contributed by atoms with Crippen LogP contribution in [0.1, 0.15) is 23.8 Å². The van der Waals surface area contributed by atoms with Crippen molar-refractivity contribution in [1.82, 2.24) is 5.32 Å². The Labute approximate surface area is 142 Å². The standard InChI is InChI=1S/C16H18BrClFNS/c1-2-8-20-11(9-12-6-7-16(17)21-12)10-13-14(18)4-3-5-15(13)19/h3-7,11,20H,2,8-10H2,1H3. The average molecular weight is 391 g/mol. The molecule has 0 amide bonds. The highest BCUT2D eigenvalue weighted by Crippen LogP contribution is 2.25. The van der Waals surface area contributed by atoms with Gasteiger partial charge in [0.25, 0.3) is 0 Å². The monoisotopic (exact) mass is 389 g/mol. The van der Waals surface area contributed by atoms with Crippen LogP contribution in [0.5, 0.6) is 0 Å². The molecular weight excluding hydrogens is 373 g/mol. The van der Waals surface area contributed by atoms with Gasteiger partial charge in [-0.1, -0.05) is 24.6 Å². The van der Waals surface area contributed by atoms with Crippen LogP contribution in [-0.4, -0.2) is 12.6 Å². The number of hydrogen-bond donors (Lipinski definition) is 1. The van der Waals surface area contributed by atoms with Crippen LogP contribution in [-0.2, 0) is 12.8 Å². The maximum absolute atomic E-state index is 14.0. The minimum atomic E-state index is -0.224. The van der Waals surface area contributed by atoms with E-state index >= 15 is 0 Å². The minimum absolute atomic E-state index is 0.185. The molecule has 0 bridgehead atoms.